The normalized spacial score (nSPS) is 10.6. The van der Waals surface area contributed by atoms with E-state index in [1.165, 1.54) is 6.07 Å². The van der Waals surface area contributed by atoms with Crippen molar-refractivity contribution in [3.63, 3.8) is 0 Å². The zero-order valence-electron chi connectivity index (χ0n) is 5.32. The summed E-state index contributed by atoms with van der Waals surface area (Å²) in [6.45, 7) is 0. The Morgan fingerprint density at radius 3 is 2.45 bits per heavy atom. The number of halogens is 4. The summed E-state index contributed by atoms with van der Waals surface area (Å²) >= 11 is 13.1. The smallest absolute Gasteiger partial charge is 0.135 e. The van der Waals surface area contributed by atoms with Gasteiger partial charge in [-0.05, 0) is 40.8 Å². The Labute approximate surface area is 87.8 Å². The number of hydrogen-bond donors (Lipinski definition) is 0. The molecule has 0 aliphatic carbocycles. The molecule has 0 bridgehead atoms. The Morgan fingerprint density at radius 2 is 2.00 bits per heavy atom. The van der Waals surface area contributed by atoms with Crippen LogP contribution in [0.3, 0.4) is 0 Å². The standard InChI is InChI=1S/C7H4Cl2FI/c8-7(9)5-3-4(11)1-2-6(5)10/h1-3,7H. The van der Waals surface area contributed by atoms with E-state index in [0.29, 0.717) is 5.56 Å². The summed E-state index contributed by atoms with van der Waals surface area (Å²) < 4.78 is 13.8. The van der Waals surface area contributed by atoms with E-state index in [9.17, 15) is 4.39 Å². The largest absolute Gasteiger partial charge is 0.207 e. The molecule has 11 heavy (non-hydrogen) atoms. The monoisotopic (exact) mass is 304 g/mol. The molecule has 0 atom stereocenters. The van der Waals surface area contributed by atoms with Crippen molar-refractivity contribution in [2.24, 2.45) is 0 Å². The minimum Gasteiger partial charge on any atom is -0.207 e. The number of alkyl halides is 2. The third kappa shape index (κ3) is 2.46. The molecule has 1 rings (SSSR count). The van der Waals surface area contributed by atoms with Crippen LogP contribution in [-0.4, -0.2) is 0 Å². The van der Waals surface area contributed by atoms with Gasteiger partial charge in [-0.2, -0.15) is 0 Å². The molecular formula is C7H4Cl2FI. The SMILES string of the molecule is Fc1ccc(I)cc1C(Cl)Cl. The fraction of sp³-hybridized carbons (Fsp3) is 0.143. The second-order valence-electron chi connectivity index (χ2n) is 1.97. The van der Waals surface area contributed by atoms with Crippen molar-refractivity contribution in [1.29, 1.82) is 0 Å². The van der Waals surface area contributed by atoms with Crippen LogP contribution in [-0.2, 0) is 0 Å². The molecule has 0 fully saturated rings. The minimum atomic E-state index is -0.787. The van der Waals surface area contributed by atoms with Crippen LogP contribution in [0.2, 0.25) is 0 Å². The molecule has 1 aromatic rings. The fourth-order valence-corrected chi connectivity index (χ4v) is 1.53. The molecule has 0 saturated heterocycles. The predicted molar refractivity (Wildman–Crippen MR) is 53.6 cm³/mol. The van der Waals surface area contributed by atoms with Crippen molar-refractivity contribution in [1.82, 2.24) is 0 Å². The molecule has 0 amide bonds. The first-order valence-corrected chi connectivity index (χ1v) is 4.79. The summed E-state index contributed by atoms with van der Waals surface area (Å²) in [5.74, 6) is -0.361. The van der Waals surface area contributed by atoms with E-state index in [4.69, 9.17) is 23.2 Å². The molecule has 4 heteroatoms. The highest BCUT2D eigenvalue weighted by Crippen LogP contribution is 2.27. The quantitative estimate of drug-likeness (QED) is 0.545. The van der Waals surface area contributed by atoms with E-state index < -0.39 is 4.84 Å². The van der Waals surface area contributed by atoms with Crippen LogP contribution in [0.4, 0.5) is 4.39 Å². The van der Waals surface area contributed by atoms with Gasteiger partial charge in [0, 0.05) is 9.13 Å². The molecule has 0 aliphatic heterocycles. The Bertz CT molecular complexity index is 263. The summed E-state index contributed by atoms with van der Waals surface area (Å²) in [7, 11) is 0. The first-order valence-electron chi connectivity index (χ1n) is 2.84. The van der Waals surface area contributed by atoms with Gasteiger partial charge in [0.15, 0.2) is 0 Å². The second kappa shape index (κ2) is 3.92. The van der Waals surface area contributed by atoms with Gasteiger partial charge in [0.2, 0.25) is 0 Å². The van der Waals surface area contributed by atoms with Gasteiger partial charge in [-0.25, -0.2) is 4.39 Å². The molecule has 60 valence electrons. The topological polar surface area (TPSA) is 0 Å². The van der Waals surface area contributed by atoms with Crippen LogP contribution in [0, 0.1) is 9.39 Å². The van der Waals surface area contributed by atoms with E-state index in [-0.39, 0.29) is 5.82 Å². The summed E-state index contributed by atoms with van der Waals surface area (Å²) in [5, 5.41) is 0. The van der Waals surface area contributed by atoms with Crippen molar-refractivity contribution >= 4 is 45.8 Å². The molecule has 0 saturated carbocycles. The summed E-state index contributed by atoms with van der Waals surface area (Å²) in [6.07, 6.45) is 0. The van der Waals surface area contributed by atoms with Gasteiger partial charge in [-0.3, -0.25) is 0 Å². The van der Waals surface area contributed by atoms with Crippen LogP contribution in [0.1, 0.15) is 10.4 Å². The van der Waals surface area contributed by atoms with Gasteiger partial charge in [0.1, 0.15) is 10.7 Å². The first-order chi connectivity index (χ1) is 5.11. The van der Waals surface area contributed by atoms with Crippen molar-refractivity contribution in [3.8, 4) is 0 Å². The molecule has 0 aliphatic rings. The lowest BCUT2D eigenvalue weighted by Gasteiger charge is -2.02. The highest BCUT2D eigenvalue weighted by molar-refractivity contribution is 14.1. The number of rotatable bonds is 1. The van der Waals surface area contributed by atoms with Crippen molar-refractivity contribution in [2.45, 2.75) is 4.84 Å². The second-order valence-corrected chi connectivity index (χ2v) is 4.31. The summed E-state index contributed by atoms with van der Waals surface area (Å²) in [4.78, 5) is -0.787. The minimum absolute atomic E-state index is 0.334. The van der Waals surface area contributed by atoms with Crippen molar-refractivity contribution < 1.29 is 4.39 Å². The zero-order chi connectivity index (χ0) is 8.43. The lowest BCUT2D eigenvalue weighted by Crippen LogP contribution is -1.88. The van der Waals surface area contributed by atoms with Crippen LogP contribution in [0.25, 0.3) is 0 Å². The van der Waals surface area contributed by atoms with Gasteiger partial charge >= 0.3 is 0 Å². The summed E-state index contributed by atoms with van der Waals surface area (Å²) in [6, 6.07) is 4.64. The maximum Gasteiger partial charge on any atom is 0.135 e. The molecule has 0 unspecified atom stereocenters. The number of benzene rings is 1. The van der Waals surface area contributed by atoms with Crippen LogP contribution < -0.4 is 0 Å². The lowest BCUT2D eigenvalue weighted by molar-refractivity contribution is 0.615. The Hall–Kier alpha value is 0.460. The average Bonchev–Trinajstić information content (AvgIpc) is 1.94. The molecule has 0 nitrogen and oxygen atoms in total. The van der Waals surface area contributed by atoms with Crippen molar-refractivity contribution in [2.75, 3.05) is 0 Å². The highest BCUT2D eigenvalue weighted by atomic mass is 127. The molecular weight excluding hydrogens is 301 g/mol. The Morgan fingerprint density at radius 1 is 1.36 bits per heavy atom. The van der Waals surface area contributed by atoms with Crippen LogP contribution >= 0.6 is 45.8 Å². The van der Waals surface area contributed by atoms with E-state index in [0.717, 1.165) is 3.57 Å². The summed E-state index contributed by atoms with van der Waals surface area (Å²) in [5.41, 5.74) is 0.334. The van der Waals surface area contributed by atoms with E-state index in [1.807, 2.05) is 0 Å². The van der Waals surface area contributed by atoms with Crippen molar-refractivity contribution in [3.05, 3.63) is 33.1 Å². The Kier molecular flexibility index (Phi) is 3.40. The maximum atomic E-state index is 12.8. The first kappa shape index (κ1) is 9.55. The molecule has 0 spiro atoms. The highest BCUT2D eigenvalue weighted by Gasteiger charge is 2.09. The molecule has 0 N–H and O–H groups in total. The van der Waals surface area contributed by atoms with Gasteiger partial charge in [0.05, 0.1) is 0 Å². The van der Waals surface area contributed by atoms with Crippen LogP contribution in [0.15, 0.2) is 18.2 Å². The average molecular weight is 305 g/mol. The molecule has 1 aromatic carbocycles. The third-order valence-corrected chi connectivity index (χ3v) is 2.33. The van der Waals surface area contributed by atoms with Crippen LogP contribution in [0.5, 0.6) is 0 Å². The van der Waals surface area contributed by atoms with Gasteiger partial charge in [-0.15, -0.1) is 0 Å². The third-order valence-electron chi connectivity index (χ3n) is 1.19. The predicted octanol–water partition coefficient (Wildman–Crippen LogP) is 3.91. The zero-order valence-corrected chi connectivity index (χ0v) is 8.99. The van der Waals surface area contributed by atoms with Gasteiger partial charge < -0.3 is 0 Å². The van der Waals surface area contributed by atoms with Gasteiger partial charge in [-0.1, -0.05) is 23.2 Å². The van der Waals surface area contributed by atoms with E-state index >= 15 is 0 Å². The van der Waals surface area contributed by atoms with E-state index in [2.05, 4.69) is 22.6 Å². The Balaban J connectivity index is 3.13. The maximum absolute atomic E-state index is 12.8. The molecule has 0 radical (unpaired) electrons. The van der Waals surface area contributed by atoms with E-state index in [1.54, 1.807) is 12.1 Å². The molecule has 0 heterocycles. The molecule has 0 aromatic heterocycles. The number of hydrogen-bond acceptors (Lipinski definition) is 0. The fourth-order valence-electron chi connectivity index (χ4n) is 0.682. The van der Waals surface area contributed by atoms with Gasteiger partial charge in [0.25, 0.3) is 0 Å². The lowest BCUT2D eigenvalue weighted by atomic mass is 10.2.